The number of aliphatic hydroxyl groups excluding tert-OH is 6. The molecule has 15 N–H and O–H groups in total. The number of carbonyl (C=O) groups excluding carboxylic acids is 19. The number of carbonyl (C=O) groups is 20. The number of amides is 19. The normalized spacial score (nSPS) is 30.7. The minimum Gasteiger partial charge on any atom is -0.480 e. The van der Waals surface area contributed by atoms with E-state index < -0.39 is 279 Å². The fourth-order valence-corrected chi connectivity index (χ4v) is 20.9. The molecule has 20 atom stereocenters. The van der Waals surface area contributed by atoms with Crippen molar-refractivity contribution < 1.29 is 132 Å². The van der Waals surface area contributed by atoms with Crippen LogP contribution in [0.25, 0.3) is 0 Å². The monoisotopic (exact) mass is 1820 g/mol. The fraction of sp³-hybridized carbons (Fsp3) is 0.750. The summed E-state index contributed by atoms with van der Waals surface area (Å²) in [6, 6.07) is -16.2. The SMILES string of the molecule is N[C@@H](CS)C(=O)N1CCC[C@H]1C(=O)NCC(=O)N1C[C@H](O)C[C@H]1C(=O)N1CCC[C@H]1C(=O)NCC(=O)N1C[C@H](O)C[C@H]1C(=O)N1CCC[C@H]1C(=O)NCC(=O)N1C[C@H](O)C[C@H]1C(=O)N1CCC[C@H]1C(=O)NCC(=O)N1C[C@H](O)C[C@H]1C(=O)N1CCC[C@H]1C(=O)NCC(=O)N1C[C@H](O)C[C@H]1C(=O)N1CCC[C@H]1C(=O)NCC(=O)N1C[C@H](O)C[C@H]1C(=O)N1CCC[C@H]1C(=O)O. The Morgan fingerprint density at radius 1 is 0.258 bits per heavy atom. The molecule has 0 spiro atoms. The number of carboxylic acid groups (broad SMARTS) is 1. The van der Waals surface area contributed by atoms with Gasteiger partial charge in [0, 0.05) is 129 Å². The first-order chi connectivity index (χ1) is 61.0. The third kappa shape index (κ3) is 20.5. The molecule has 19 amide bonds. The van der Waals surface area contributed by atoms with Crippen LogP contribution in [0.3, 0.4) is 0 Å². The number of likely N-dealkylation sites (tertiary alicyclic amines) is 13. The molecular formula is C80H116N20O27S. The van der Waals surface area contributed by atoms with Crippen LogP contribution in [0.2, 0.25) is 0 Å². The Kier molecular flexibility index (Phi) is 30.5. The largest absolute Gasteiger partial charge is 0.480 e. The average molecular weight is 1820 g/mol. The van der Waals surface area contributed by atoms with Crippen molar-refractivity contribution in [2.75, 3.05) is 130 Å². The number of aliphatic carboxylic acids is 1. The molecule has 0 aromatic rings. The van der Waals surface area contributed by atoms with Crippen LogP contribution >= 0.6 is 12.6 Å². The highest BCUT2D eigenvalue weighted by molar-refractivity contribution is 7.80. The Hall–Kier alpha value is -10.5. The molecule has 704 valence electrons. The number of nitrogens with one attached hydrogen (secondary N) is 6. The molecule has 128 heavy (non-hydrogen) atoms. The molecule has 47 nitrogen and oxygen atoms in total. The molecule has 13 aliphatic rings. The van der Waals surface area contributed by atoms with Gasteiger partial charge in [-0.25, -0.2) is 4.79 Å². The molecule has 0 aromatic carbocycles. The Morgan fingerprint density at radius 2 is 0.422 bits per heavy atom. The van der Waals surface area contributed by atoms with Gasteiger partial charge in [-0.15, -0.1) is 0 Å². The lowest BCUT2D eigenvalue weighted by atomic mass is 10.1. The van der Waals surface area contributed by atoms with Gasteiger partial charge in [-0.2, -0.15) is 12.6 Å². The molecule has 13 fully saturated rings. The summed E-state index contributed by atoms with van der Waals surface area (Å²) in [6.07, 6.45) is -4.40. The van der Waals surface area contributed by atoms with Crippen LogP contribution in [0.15, 0.2) is 0 Å². The average Bonchev–Trinajstić information content (AvgIpc) is 1.66. The van der Waals surface area contributed by atoms with E-state index in [1.54, 1.807) is 0 Å². The molecular weight excluding hydrogens is 1710 g/mol. The van der Waals surface area contributed by atoms with Gasteiger partial charge in [0.25, 0.3) is 0 Å². The molecule has 0 bridgehead atoms. The molecule has 0 unspecified atom stereocenters. The summed E-state index contributed by atoms with van der Waals surface area (Å²) in [7, 11) is 0. The lowest BCUT2D eigenvalue weighted by Gasteiger charge is -2.32. The van der Waals surface area contributed by atoms with E-state index in [2.05, 4.69) is 44.5 Å². The molecule has 13 heterocycles. The Balaban J connectivity index is 0.540. The summed E-state index contributed by atoms with van der Waals surface area (Å²) in [6.45, 7) is -5.09. The third-order valence-corrected chi connectivity index (χ3v) is 27.5. The van der Waals surface area contributed by atoms with E-state index in [1.807, 2.05) is 0 Å². The maximum atomic E-state index is 14.5. The Labute approximate surface area is 740 Å². The number of β-amino-alcohol motifs (C(OH)–C–C–N with tert-alkyl or cyclic N) is 6. The van der Waals surface area contributed by atoms with Crippen molar-refractivity contribution in [2.24, 2.45) is 5.73 Å². The van der Waals surface area contributed by atoms with E-state index >= 15 is 0 Å². The maximum absolute atomic E-state index is 14.5. The maximum Gasteiger partial charge on any atom is 0.326 e. The first-order valence-electron chi connectivity index (χ1n) is 44.3. The van der Waals surface area contributed by atoms with Crippen molar-refractivity contribution in [3.05, 3.63) is 0 Å². The second-order valence-electron chi connectivity index (χ2n) is 35.5. The van der Waals surface area contributed by atoms with Gasteiger partial charge in [0.15, 0.2) is 0 Å². The third-order valence-electron chi connectivity index (χ3n) is 27.2. The van der Waals surface area contributed by atoms with E-state index in [9.17, 15) is 132 Å². The molecule has 0 aromatic heterocycles. The number of nitrogens with zero attached hydrogens (tertiary/aromatic N) is 13. The zero-order chi connectivity index (χ0) is 92.1. The summed E-state index contributed by atoms with van der Waals surface area (Å²) < 4.78 is 0. The lowest BCUT2D eigenvalue weighted by Crippen LogP contribution is -2.57. The smallest absolute Gasteiger partial charge is 0.326 e. The molecule has 13 aliphatic heterocycles. The van der Waals surface area contributed by atoms with Gasteiger partial charge in [0.1, 0.15) is 78.5 Å². The van der Waals surface area contributed by atoms with Crippen molar-refractivity contribution in [3.8, 4) is 0 Å². The van der Waals surface area contributed by atoms with Crippen LogP contribution < -0.4 is 37.6 Å². The van der Waals surface area contributed by atoms with Crippen molar-refractivity contribution in [1.29, 1.82) is 0 Å². The summed E-state index contributed by atoms with van der Waals surface area (Å²) in [4.78, 5) is 291. The van der Waals surface area contributed by atoms with E-state index in [-0.39, 0.29) is 168 Å². The van der Waals surface area contributed by atoms with Gasteiger partial charge in [0.2, 0.25) is 112 Å². The topological polar surface area (TPSA) is 623 Å². The highest BCUT2D eigenvalue weighted by Crippen LogP contribution is 2.34. The highest BCUT2D eigenvalue weighted by Gasteiger charge is 2.54. The van der Waals surface area contributed by atoms with Crippen molar-refractivity contribution >= 4 is 131 Å². The first kappa shape index (κ1) is 95.1. The van der Waals surface area contributed by atoms with Crippen LogP contribution in [-0.2, 0) is 95.9 Å². The van der Waals surface area contributed by atoms with Crippen molar-refractivity contribution in [2.45, 2.75) is 250 Å². The Morgan fingerprint density at radius 3 is 0.602 bits per heavy atom. The molecule has 48 heteroatoms. The van der Waals surface area contributed by atoms with E-state index in [4.69, 9.17) is 5.73 Å². The second kappa shape index (κ2) is 41.1. The van der Waals surface area contributed by atoms with Gasteiger partial charge in [-0.05, 0) is 89.9 Å². The minimum absolute atomic E-state index is 0.0251. The molecule has 13 rings (SSSR count). The minimum atomic E-state index is -1.32. The van der Waals surface area contributed by atoms with Crippen LogP contribution in [0, 0.1) is 0 Å². The first-order valence-corrected chi connectivity index (χ1v) is 44.9. The van der Waals surface area contributed by atoms with Crippen LogP contribution in [0.5, 0.6) is 0 Å². The molecule has 0 aliphatic carbocycles. The number of rotatable bonds is 27. The Bertz CT molecular complexity index is 4340. The predicted molar refractivity (Wildman–Crippen MR) is 437 cm³/mol. The fourth-order valence-electron chi connectivity index (χ4n) is 20.8. The van der Waals surface area contributed by atoms with E-state index in [0.29, 0.717) is 51.4 Å². The van der Waals surface area contributed by atoms with Gasteiger partial charge in [-0.3, -0.25) is 91.1 Å². The number of carboxylic acids is 1. The summed E-state index contributed by atoms with van der Waals surface area (Å²) in [5.41, 5.74) is 5.88. The number of hydrogen-bond donors (Lipinski definition) is 15. The summed E-state index contributed by atoms with van der Waals surface area (Å²) in [5.74, 6) is -14.7. The zero-order valence-electron chi connectivity index (χ0n) is 71.0. The van der Waals surface area contributed by atoms with Gasteiger partial charge in [-0.1, -0.05) is 0 Å². The van der Waals surface area contributed by atoms with Crippen molar-refractivity contribution in [3.63, 3.8) is 0 Å². The van der Waals surface area contributed by atoms with Crippen LogP contribution in [0.4, 0.5) is 0 Å². The second-order valence-corrected chi connectivity index (χ2v) is 35.8. The molecule has 0 saturated carbocycles. The standard InChI is InChI=1S/C80H116N20O27S/c81-47(40-128)73(119)88-15-1-8-48(88)67(113)82-28-61(107)95-34-41(101)22-55(95)74(120)89-16-2-9-49(89)68(114)83-29-62(108)96-35-42(102)23-56(96)75(121)90-17-3-10-50(90)69(115)84-30-63(109)97-36-43(103)24-57(97)76(122)91-18-4-11-51(91)70(116)85-31-64(110)98-37-44(104)25-58(98)77(123)92-19-5-12-52(92)71(117)86-32-65(111)99-38-45(105)26-59(99)78(124)93-20-6-13-53(93)72(118)87-33-66(112)100-39-46(106)27-60(100)79(125)94-21-7-14-54(94)80(126)127/h41-60,101-106,128H,1-40,81H2,(H,82,113)(H,83,114)(H,84,115)(H,85,116)(H,86,117)(H,87,118)(H,126,127)/t41-,42-,43-,44-,45-,46-,47+,48+,49+,50+,51+,52+,53+,54+,55+,56+,57+,58+,59+,60+/m1/s1. The van der Waals surface area contributed by atoms with Gasteiger partial charge < -0.3 is 137 Å². The number of aliphatic hydroxyl groups is 6. The summed E-state index contributed by atoms with van der Waals surface area (Å²) >= 11 is 4.08. The van der Waals surface area contributed by atoms with Crippen molar-refractivity contribution in [1.82, 2.24) is 95.6 Å². The van der Waals surface area contributed by atoms with Gasteiger partial charge >= 0.3 is 5.97 Å². The quantitative estimate of drug-likeness (QED) is 0.0340. The van der Waals surface area contributed by atoms with E-state index in [0.717, 1.165) is 29.4 Å². The zero-order valence-corrected chi connectivity index (χ0v) is 71.9. The molecule has 13 saturated heterocycles. The van der Waals surface area contributed by atoms with E-state index in [1.165, 1.54) is 34.3 Å². The van der Waals surface area contributed by atoms with Crippen LogP contribution in [0.1, 0.15) is 128 Å². The lowest BCUT2D eigenvalue weighted by molar-refractivity contribution is -0.151. The molecule has 0 radical (unpaired) electrons. The number of nitrogens with two attached hydrogens (primary N) is 1. The highest BCUT2D eigenvalue weighted by atomic mass is 32.1. The number of thiol groups is 1. The number of hydrogen-bond acceptors (Lipinski definition) is 28. The van der Waals surface area contributed by atoms with Crippen LogP contribution in [-0.4, -0.2) is 469 Å². The predicted octanol–water partition coefficient (Wildman–Crippen LogP) is -12.3. The van der Waals surface area contributed by atoms with Gasteiger partial charge in [0.05, 0.1) is 81.9 Å². The summed E-state index contributed by atoms with van der Waals surface area (Å²) in [5, 5.41) is 89.5.